The van der Waals surface area contributed by atoms with Crippen molar-refractivity contribution in [1.29, 1.82) is 0 Å². The molecule has 2 aromatic rings. The van der Waals surface area contributed by atoms with Crippen LogP contribution in [0.1, 0.15) is 18.4 Å². The zero-order valence-corrected chi connectivity index (χ0v) is 16.7. The zero-order valence-electron chi connectivity index (χ0n) is 13.6. The maximum atomic E-state index is 12.5. The number of carbonyl (C=O) groups excluding carboxylic acids is 1. The number of hydrogen-bond donors (Lipinski definition) is 1. The molecule has 0 atom stereocenters. The minimum atomic E-state index is 0.0325. The van der Waals surface area contributed by atoms with Crippen LogP contribution in [0.25, 0.3) is 0 Å². The highest BCUT2D eigenvalue weighted by molar-refractivity contribution is 9.10. The molecule has 0 bridgehead atoms. The van der Waals surface area contributed by atoms with Crippen LogP contribution >= 0.6 is 39.1 Å². The van der Waals surface area contributed by atoms with E-state index in [1.54, 1.807) is 0 Å². The summed E-state index contributed by atoms with van der Waals surface area (Å²) in [4.78, 5) is 14.8. The van der Waals surface area contributed by atoms with Gasteiger partial charge in [0.1, 0.15) is 0 Å². The predicted molar refractivity (Wildman–Crippen MR) is 107 cm³/mol. The number of carbonyl (C=O) groups is 1. The molecule has 1 heterocycles. The molecule has 3 nitrogen and oxygen atoms in total. The molecule has 0 radical (unpaired) electrons. The Labute approximate surface area is 166 Å². The molecular weight excluding hydrogens is 423 g/mol. The fourth-order valence-electron chi connectivity index (χ4n) is 3.06. The Kier molecular flexibility index (Phi) is 6.39. The normalized spacial score (nSPS) is 16.0. The Morgan fingerprint density at radius 3 is 2.36 bits per heavy atom. The monoisotopic (exact) mass is 440 g/mol. The fraction of sp³-hybridized carbons (Fsp3) is 0.316. The second-order valence-electron chi connectivity index (χ2n) is 6.22. The lowest BCUT2D eigenvalue weighted by Crippen LogP contribution is -2.37. The Balaban J connectivity index is 1.55. The predicted octanol–water partition coefficient (Wildman–Crippen LogP) is 5.61. The summed E-state index contributed by atoms with van der Waals surface area (Å²) in [5, 5.41) is 4.41. The Morgan fingerprint density at radius 1 is 1.08 bits per heavy atom. The number of anilines is 1. The molecule has 2 aromatic carbocycles. The number of amides is 1. The van der Waals surface area contributed by atoms with E-state index in [1.165, 1.54) is 0 Å². The van der Waals surface area contributed by atoms with Crippen molar-refractivity contribution in [1.82, 2.24) is 4.90 Å². The van der Waals surface area contributed by atoms with Crippen molar-refractivity contribution < 1.29 is 4.79 Å². The third-order valence-electron chi connectivity index (χ3n) is 4.53. The van der Waals surface area contributed by atoms with E-state index >= 15 is 0 Å². The number of para-hydroxylation sites is 1. The number of nitrogens with one attached hydrogen (secondary N) is 1. The van der Waals surface area contributed by atoms with Gasteiger partial charge in [-0.05, 0) is 66.1 Å². The average molecular weight is 442 g/mol. The zero-order chi connectivity index (χ0) is 17.8. The summed E-state index contributed by atoms with van der Waals surface area (Å²) in [5.74, 6) is 0.118. The van der Waals surface area contributed by atoms with Gasteiger partial charge in [-0.3, -0.25) is 9.69 Å². The molecule has 3 rings (SSSR count). The Hall–Kier alpha value is -1.07. The minimum Gasteiger partial charge on any atom is -0.325 e. The highest BCUT2D eigenvalue weighted by atomic mass is 79.9. The minimum absolute atomic E-state index is 0.0325. The van der Waals surface area contributed by atoms with Crippen molar-refractivity contribution >= 4 is 50.7 Å². The summed E-state index contributed by atoms with van der Waals surface area (Å²) in [7, 11) is 0. The molecule has 6 heteroatoms. The number of benzene rings is 2. The van der Waals surface area contributed by atoms with Gasteiger partial charge in [-0.2, -0.15) is 0 Å². The molecule has 1 aliphatic heterocycles. The van der Waals surface area contributed by atoms with Crippen molar-refractivity contribution in [3.8, 4) is 0 Å². The SMILES string of the molecule is O=C(Nc1ccccc1Br)C1CCN(Cc2c(Cl)cccc2Cl)CC1. The van der Waals surface area contributed by atoms with Gasteiger partial charge in [-0.25, -0.2) is 0 Å². The van der Waals surface area contributed by atoms with Gasteiger partial charge in [0.15, 0.2) is 0 Å². The van der Waals surface area contributed by atoms with Gasteiger partial charge in [0.2, 0.25) is 5.91 Å². The van der Waals surface area contributed by atoms with Crippen LogP contribution in [0.2, 0.25) is 10.0 Å². The molecular formula is C19H19BrCl2N2O. The standard InChI is InChI=1S/C19H19BrCl2N2O/c20-15-4-1-2-7-18(15)23-19(25)13-8-10-24(11-9-13)12-14-16(21)5-3-6-17(14)22/h1-7,13H,8-12H2,(H,23,25). The summed E-state index contributed by atoms with van der Waals surface area (Å²) in [5.41, 5.74) is 1.78. The summed E-state index contributed by atoms with van der Waals surface area (Å²) in [6.45, 7) is 2.43. The second kappa shape index (κ2) is 8.54. The lowest BCUT2D eigenvalue weighted by molar-refractivity contribution is -0.121. The first-order chi connectivity index (χ1) is 12.0. The van der Waals surface area contributed by atoms with Crippen LogP contribution in [0.3, 0.4) is 0 Å². The topological polar surface area (TPSA) is 32.3 Å². The molecule has 0 saturated carbocycles. The molecule has 1 fully saturated rings. The van der Waals surface area contributed by atoms with Crippen LogP contribution in [0.4, 0.5) is 5.69 Å². The summed E-state index contributed by atoms with van der Waals surface area (Å²) in [6.07, 6.45) is 1.66. The maximum absolute atomic E-state index is 12.5. The third-order valence-corrected chi connectivity index (χ3v) is 5.93. The second-order valence-corrected chi connectivity index (χ2v) is 7.89. The summed E-state index contributed by atoms with van der Waals surface area (Å²) in [6, 6.07) is 13.2. The van der Waals surface area contributed by atoms with Gasteiger partial charge >= 0.3 is 0 Å². The number of likely N-dealkylation sites (tertiary alicyclic amines) is 1. The van der Waals surface area contributed by atoms with Gasteiger partial charge in [0, 0.05) is 32.5 Å². The molecule has 1 saturated heterocycles. The van der Waals surface area contributed by atoms with Crippen molar-refractivity contribution in [2.75, 3.05) is 18.4 Å². The van der Waals surface area contributed by atoms with Crippen LogP contribution in [-0.4, -0.2) is 23.9 Å². The largest absolute Gasteiger partial charge is 0.325 e. The van der Waals surface area contributed by atoms with Crippen LogP contribution in [-0.2, 0) is 11.3 Å². The van der Waals surface area contributed by atoms with E-state index < -0.39 is 0 Å². The van der Waals surface area contributed by atoms with E-state index in [1.807, 2.05) is 42.5 Å². The van der Waals surface area contributed by atoms with Gasteiger partial charge in [-0.15, -0.1) is 0 Å². The quantitative estimate of drug-likeness (QED) is 0.668. The lowest BCUT2D eigenvalue weighted by Gasteiger charge is -2.31. The highest BCUT2D eigenvalue weighted by Gasteiger charge is 2.26. The van der Waals surface area contributed by atoms with Crippen molar-refractivity contribution in [2.45, 2.75) is 19.4 Å². The molecule has 0 spiro atoms. The first-order valence-electron chi connectivity index (χ1n) is 8.25. The Bertz CT molecular complexity index is 741. The van der Waals surface area contributed by atoms with E-state index in [4.69, 9.17) is 23.2 Å². The van der Waals surface area contributed by atoms with E-state index in [9.17, 15) is 4.79 Å². The van der Waals surface area contributed by atoms with Crippen molar-refractivity contribution in [3.05, 3.63) is 62.5 Å². The highest BCUT2D eigenvalue weighted by Crippen LogP contribution is 2.28. The fourth-order valence-corrected chi connectivity index (χ4v) is 3.96. The van der Waals surface area contributed by atoms with Gasteiger partial charge in [0.05, 0.1) is 5.69 Å². The number of hydrogen-bond acceptors (Lipinski definition) is 2. The van der Waals surface area contributed by atoms with Crippen LogP contribution < -0.4 is 5.32 Å². The molecule has 25 heavy (non-hydrogen) atoms. The number of rotatable bonds is 4. The maximum Gasteiger partial charge on any atom is 0.227 e. The lowest BCUT2D eigenvalue weighted by atomic mass is 9.95. The molecule has 1 amide bonds. The number of nitrogens with zero attached hydrogens (tertiary/aromatic N) is 1. The number of halogens is 3. The van der Waals surface area contributed by atoms with Gasteiger partial charge in [-0.1, -0.05) is 41.4 Å². The third kappa shape index (κ3) is 4.76. The molecule has 0 unspecified atom stereocenters. The van der Waals surface area contributed by atoms with Crippen molar-refractivity contribution in [3.63, 3.8) is 0 Å². The van der Waals surface area contributed by atoms with Crippen LogP contribution in [0.15, 0.2) is 46.9 Å². The molecule has 0 aromatic heterocycles. The van der Waals surface area contributed by atoms with Gasteiger partial charge < -0.3 is 5.32 Å². The van der Waals surface area contributed by atoms with Crippen LogP contribution in [0.5, 0.6) is 0 Å². The van der Waals surface area contributed by atoms with E-state index in [0.29, 0.717) is 10.0 Å². The first-order valence-corrected chi connectivity index (χ1v) is 9.80. The number of piperidine rings is 1. The Morgan fingerprint density at radius 2 is 1.72 bits per heavy atom. The van der Waals surface area contributed by atoms with E-state index in [2.05, 4.69) is 26.1 Å². The molecule has 1 aliphatic rings. The molecule has 132 valence electrons. The molecule has 1 N–H and O–H groups in total. The van der Waals surface area contributed by atoms with Crippen molar-refractivity contribution in [2.24, 2.45) is 5.92 Å². The summed E-state index contributed by atoms with van der Waals surface area (Å²) < 4.78 is 0.897. The first kappa shape index (κ1) is 18.7. The van der Waals surface area contributed by atoms with Gasteiger partial charge in [0.25, 0.3) is 0 Å². The smallest absolute Gasteiger partial charge is 0.227 e. The molecule has 0 aliphatic carbocycles. The van der Waals surface area contributed by atoms with Crippen LogP contribution in [0, 0.1) is 5.92 Å². The average Bonchev–Trinajstić information content (AvgIpc) is 2.61. The summed E-state index contributed by atoms with van der Waals surface area (Å²) >= 11 is 16.0. The van der Waals surface area contributed by atoms with E-state index in [0.717, 1.165) is 48.2 Å². The van der Waals surface area contributed by atoms with E-state index in [-0.39, 0.29) is 11.8 Å².